The maximum Gasteiger partial charge on any atom is 0.273 e. The molecule has 7 heteroatoms. The largest absolute Gasteiger partial charge is 0.297 e. The van der Waals surface area contributed by atoms with Crippen molar-refractivity contribution in [2.24, 2.45) is 11.0 Å². The molecule has 1 unspecified atom stereocenters. The molecule has 0 spiro atoms. The highest BCUT2D eigenvalue weighted by Crippen LogP contribution is 2.32. The third-order valence-electron chi connectivity index (χ3n) is 3.57. The monoisotopic (exact) mass is 292 g/mol. The maximum atomic E-state index is 12.0. The molecule has 0 fully saturated rings. The first-order valence-electron chi connectivity index (χ1n) is 6.77. The molecule has 106 valence electrons. The molecule has 3 rings (SSSR count). The van der Waals surface area contributed by atoms with Crippen molar-refractivity contribution in [3.63, 3.8) is 0 Å². The Morgan fingerprint density at radius 1 is 1.40 bits per heavy atom. The number of hydrogen-bond donors (Lipinski definition) is 2. The van der Waals surface area contributed by atoms with Crippen LogP contribution in [0.15, 0.2) is 5.10 Å². The minimum Gasteiger partial charge on any atom is -0.297 e. The minimum atomic E-state index is -0.274. The Balaban J connectivity index is 1.69. The summed E-state index contributed by atoms with van der Waals surface area (Å²) in [5, 5.41) is 7.20. The van der Waals surface area contributed by atoms with Crippen molar-refractivity contribution in [3.05, 3.63) is 10.6 Å². The van der Waals surface area contributed by atoms with E-state index in [1.165, 1.54) is 4.88 Å². The molecule has 1 aromatic rings. The topological polar surface area (TPSA) is 83.4 Å². The molecule has 20 heavy (non-hydrogen) atoms. The molecule has 2 heterocycles. The molecule has 0 bridgehead atoms. The van der Waals surface area contributed by atoms with Gasteiger partial charge in [-0.15, -0.1) is 11.3 Å². The lowest BCUT2D eigenvalue weighted by Gasteiger charge is -2.15. The normalized spacial score (nSPS) is 21.8. The lowest BCUT2D eigenvalue weighted by molar-refractivity contribution is -0.121. The van der Waals surface area contributed by atoms with Crippen molar-refractivity contribution >= 4 is 34.0 Å². The van der Waals surface area contributed by atoms with Crippen LogP contribution >= 0.6 is 11.3 Å². The molecule has 2 aliphatic rings. The molecule has 2 amide bonds. The summed E-state index contributed by atoms with van der Waals surface area (Å²) in [5.74, 6) is 0.258. The number of hydrogen-bond acceptors (Lipinski definition) is 5. The van der Waals surface area contributed by atoms with E-state index in [0.717, 1.165) is 25.0 Å². The predicted molar refractivity (Wildman–Crippen MR) is 76.7 cm³/mol. The van der Waals surface area contributed by atoms with Crippen molar-refractivity contribution < 1.29 is 9.59 Å². The highest BCUT2D eigenvalue weighted by Gasteiger charge is 2.22. The Morgan fingerprint density at radius 2 is 2.25 bits per heavy atom. The summed E-state index contributed by atoms with van der Waals surface area (Å²) in [6.07, 6.45) is 3.86. The fourth-order valence-corrected chi connectivity index (χ4v) is 3.57. The maximum absolute atomic E-state index is 12.0. The van der Waals surface area contributed by atoms with Crippen molar-refractivity contribution in [3.8, 4) is 0 Å². The zero-order valence-corrected chi connectivity index (χ0v) is 12.0. The van der Waals surface area contributed by atoms with E-state index in [9.17, 15) is 9.59 Å². The number of carbonyl (C=O) groups is 2. The number of nitrogens with one attached hydrogen (secondary N) is 2. The van der Waals surface area contributed by atoms with Crippen molar-refractivity contribution in [2.45, 2.75) is 39.0 Å². The van der Waals surface area contributed by atoms with E-state index in [-0.39, 0.29) is 11.8 Å². The zero-order chi connectivity index (χ0) is 14.1. The molecule has 2 N–H and O–H groups in total. The SMILES string of the molecule is CC1CCc2nc(NC(=O)C3=NNC(=O)CC3)sc2C1. The summed E-state index contributed by atoms with van der Waals surface area (Å²) in [6, 6.07) is 0. The Bertz CT molecular complexity index is 593. The number of hydrazone groups is 1. The van der Waals surface area contributed by atoms with Crippen LogP contribution in [0.25, 0.3) is 0 Å². The third kappa shape index (κ3) is 2.72. The van der Waals surface area contributed by atoms with Crippen LogP contribution in [0.5, 0.6) is 0 Å². The summed E-state index contributed by atoms with van der Waals surface area (Å²) < 4.78 is 0. The van der Waals surface area contributed by atoms with Crippen LogP contribution in [0.4, 0.5) is 5.13 Å². The molecule has 0 radical (unpaired) electrons. The van der Waals surface area contributed by atoms with Crippen LogP contribution in [-0.2, 0) is 22.4 Å². The lowest BCUT2D eigenvalue weighted by Crippen LogP contribution is -2.32. The molecule has 1 aromatic heterocycles. The number of amides is 2. The second-order valence-electron chi connectivity index (χ2n) is 5.28. The van der Waals surface area contributed by atoms with Gasteiger partial charge in [0.1, 0.15) is 5.71 Å². The number of carbonyl (C=O) groups excluding carboxylic acids is 2. The number of anilines is 1. The van der Waals surface area contributed by atoms with Crippen LogP contribution in [-0.4, -0.2) is 22.5 Å². The Morgan fingerprint density at radius 3 is 3.00 bits per heavy atom. The molecular weight excluding hydrogens is 276 g/mol. The van der Waals surface area contributed by atoms with E-state index in [0.29, 0.717) is 29.6 Å². The molecule has 1 aliphatic carbocycles. The molecule has 0 saturated heterocycles. The van der Waals surface area contributed by atoms with Crippen molar-refractivity contribution in [2.75, 3.05) is 5.32 Å². The number of aromatic nitrogens is 1. The Hall–Kier alpha value is -1.76. The van der Waals surface area contributed by atoms with Gasteiger partial charge >= 0.3 is 0 Å². The smallest absolute Gasteiger partial charge is 0.273 e. The van der Waals surface area contributed by atoms with Gasteiger partial charge < -0.3 is 0 Å². The fourth-order valence-electron chi connectivity index (χ4n) is 2.40. The molecule has 6 nitrogen and oxygen atoms in total. The summed E-state index contributed by atoms with van der Waals surface area (Å²) in [6.45, 7) is 2.24. The van der Waals surface area contributed by atoms with Crippen LogP contribution in [0, 0.1) is 5.92 Å². The van der Waals surface area contributed by atoms with Gasteiger partial charge in [0.15, 0.2) is 5.13 Å². The highest BCUT2D eigenvalue weighted by atomic mass is 32.1. The summed E-state index contributed by atoms with van der Waals surface area (Å²) in [5.41, 5.74) is 3.79. The number of aryl methyl sites for hydroxylation is 1. The van der Waals surface area contributed by atoms with E-state index in [2.05, 4.69) is 27.8 Å². The van der Waals surface area contributed by atoms with Gasteiger partial charge in [-0.25, -0.2) is 10.4 Å². The van der Waals surface area contributed by atoms with E-state index in [4.69, 9.17) is 0 Å². The predicted octanol–water partition coefficient (Wildman–Crippen LogP) is 1.47. The van der Waals surface area contributed by atoms with Crippen molar-refractivity contribution in [1.82, 2.24) is 10.4 Å². The minimum absolute atomic E-state index is 0.153. The van der Waals surface area contributed by atoms with Gasteiger partial charge in [0.05, 0.1) is 5.69 Å². The van der Waals surface area contributed by atoms with Gasteiger partial charge in [-0.05, 0) is 25.2 Å². The van der Waals surface area contributed by atoms with E-state index in [1.54, 1.807) is 11.3 Å². The van der Waals surface area contributed by atoms with Crippen molar-refractivity contribution in [1.29, 1.82) is 0 Å². The first-order valence-corrected chi connectivity index (χ1v) is 7.59. The summed E-state index contributed by atoms with van der Waals surface area (Å²) in [4.78, 5) is 28.8. The van der Waals surface area contributed by atoms with Gasteiger partial charge in [-0.1, -0.05) is 6.92 Å². The average molecular weight is 292 g/mol. The molecule has 0 saturated carbocycles. The highest BCUT2D eigenvalue weighted by molar-refractivity contribution is 7.16. The van der Waals surface area contributed by atoms with Gasteiger partial charge in [0, 0.05) is 17.7 Å². The average Bonchev–Trinajstić information content (AvgIpc) is 2.80. The third-order valence-corrected chi connectivity index (χ3v) is 4.61. The van der Waals surface area contributed by atoms with Crippen LogP contribution in [0.3, 0.4) is 0 Å². The van der Waals surface area contributed by atoms with E-state index >= 15 is 0 Å². The molecule has 1 atom stereocenters. The van der Waals surface area contributed by atoms with E-state index in [1.807, 2.05) is 0 Å². The van der Waals surface area contributed by atoms with Gasteiger partial charge in [-0.3, -0.25) is 14.9 Å². The second-order valence-corrected chi connectivity index (χ2v) is 6.37. The van der Waals surface area contributed by atoms with Gasteiger partial charge in [-0.2, -0.15) is 5.10 Å². The molecule has 0 aromatic carbocycles. The van der Waals surface area contributed by atoms with Gasteiger partial charge in [0.2, 0.25) is 5.91 Å². The first-order chi connectivity index (χ1) is 9.61. The molecule has 1 aliphatic heterocycles. The van der Waals surface area contributed by atoms with Crippen LogP contribution < -0.4 is 10.7 Å². The summed E-state index contributed by atoms with van der Waals surface area (Å²) in [7, 11) is 0. The quantitative estimate of drug-likeness (QED) is 0.866. The number of nitrogens with zero attached hydrogens (tertiary/aromatic N) is 2. The first kappa shape index (κ1) is 13.2. The zero-order valence-electron chi connectivity index (χ0n) is 11.2. The number of thiazole rings is 1. The van der Waals surface area contributed by atoms with Crippen LogP contribution in [0.1, 0.15) is 36.8 Å². The second kappa shape index (κ2) is 5.32. The van der Waals surface area contributed by atoms with E-state index < -0.39 is 0 Å². The number of fused-ring (bicyclic) bond motifs is 1. The summed E-state index contributed by atoms with van der Waals surface area (Å²) >= 11 is 1.55. The lowest BCUT2D eigenvalue weighted by atomic mass is 9.93. The fraction of sp³-hybridized carbons (Fsp3) is 0.538. The van der Waals surface area contributed by atoms with Gasteiger partial charge in [0.25, 0.3) is 5.91 Å². The Kier molecular flexibility index (Phi) is 3.52. The molecular formula is C13H16N4O2S. The van der Waals surface area contributed by atoms with Crippen LogP contribution in [0.2, 0.25) is 0 Å². The number of rotatable bonds is 2. The standard InChI is InChI=1S/C13H16N4O2S/c1-7-2-3-8-10(6-7)20-13(14-8)15-12(19)9-4-5-11(18)17-16-9/h7H,2-6H2,1H3,(H,17,18)(H,14,15,19). The Labute approximate surface area is 120 Å².